The first-order chi connectivity index (χ1) is 15.2. The molecule has 1 aliphatic rings. The quantitative estimate of drug-likeness (QED) is 0.549. The summed E-state index contributed by atoms with van der Waals surface area (Å²) in [5.74, 6) is 0.509. The van der Waals surface area contributed by atoms with E-state index in [0.29, 0.717) is 42.7 Å². The second kappa shape index (κ2) is 10.7. The standard InChI is InChI=1S/C23H24ClN3O3S/c24-19-6-4-17(5-7-19)22(27-8-10-29-11-9-27)13-25-23(28)18-2-1-3-21(12-18)30-14-20-15-31-16-26-20/h1-7,12,15-16,22H,8-11,13-14H2,(H,25,28). The summed E-state index contributed by atoms with van der Waals surface area (Å²) in [5, 5.41) is 5.73. The number of hydrogen-bond donors (Lipinski definition) is 1. The summed E-state index contributed by atoms with van der Waals surface area (Å²) in [5.41, 5.74) is 4.32. The Hall–Kier alpha value is -2.45. The number of ether oxygens (including phenoxy) is 2. The Labute approximate surface area is 190 Å². The SMILES string of the molecule is O=C(NCC(c1ccc(Cl)cc1)N1CCOCC1)c1cccc(OCc2cscn2)c1. The van der Waals surface area contributed by atoms with E-state index in [1.165, 1.54) is 11.3 Å². The van der Waals surface area contributed by atoms with Gasteiger partial charge in [0.25, 0.3) is 5.91 Å². The van der Waals surface area contributed by atoms with E-state index in [2.05, 4.69) is 15.2 Å². The zero-order chi connectivity index (χ0) is 21.5. The molecule has 31 heavy (non-hydrogen) atoms. The van der Waals surface area contributed by atoms with Gasteiger partial charge in [-0.15, -0.1) is 11.3 Å². The molecular formula is C23H24ClN3O3S. The van der Waals surface area contributed by atoms with Gasteiger partial charge in [0.2, 0.25) is 0 Å². The Morgan fingerprint density at radius 3 is 2.77 bits per heavy atom. The van der Waals surface area contributed by atoms with Crippen LogP contribution in [0, 0.1) is 0 Å². The number of rotatable bonds is 8. The van der Waals surface area contributed by atoms with Gasteiger partial charge in [-0.25, -0.2) is 4.98 Å². The average Bonchev–Trinajstić information content (AvgIpc) is 3.33. The third-order valence-electron chi connectivity index (χ3n) is 5.16. The van der Waals surface area contributed by atoms with Crippen molar-refractivity contribution in [3.05, 3.63) is 81.3 Å². The fourth-order valence-corrected chi connectivity index (χ4v) is 4.19. The van der Waals surface area contributed by atoms with Gasteiger partial charge in [0.05, 0.1) is 30.5 Å². The molecule has 0 saturated carbocycles. The van der Waals surface area contributed by atoms with Gasteiger partial charge < -0.3 is 14.8 Å². The summed E-state index contributed by atoms with van der Waals surface area (Å²) >= 11 is 7.59. The predicted molar refractivity (Wildman–Crippen MR) is 122 cm³/mol. The van der Waals surface area contributed by atoms with Crippen LogP contribution in [0.2, 0.25) is 5.02 Å². The summed E-state index contributed by atoms with van der Waals surface area (Å²) in [7, 11) is 0. The minimum Gasteiger partial charge on any atom is -0.487 e. The van der Waals surface area contributed by atoms with Crippen LogP contribution in [0.5, 0.6) is 5.75 Å². The van der Waals surface area contributed by atoms with Crippen LogP contribution >= 0.6 is 22.9 Å². The third-order valence-corrected chi connectivity index (χ3v) is 6.05. The van der Waals surface area contributed by atoms with Crippen LogP contribution in [0.4, 0.5) is 0 Å². The molecule has 1 saturated heterocycles. The molecular weight excluding hydrogens is 434 g/mol. The number of carbonyl (C=O) groups excluding carboxylic acids is 1. The lowest BCUT2D eigenvalue weighted by atomic mass is 10.0. The molecule has 1 unspecified atom stereocenters. The van der Waals surface area contributed by atoms with Gasteiger partial charge >= 0.3 is 0 Å². The minimum atomic E-state index is -0.133. The largest absolute Gasteiger partial charge is 0.487 e. The van der Waals surface area contributed by atoms with Crippen molar-refractivity contribution in [2.45, 2.75) is 12.6 Å². The Morgan fingerprint density at radius 1 is 1.23 bits per heavy atom. The summed E-state index contributed by atoms with van der Waals surface area (Å²) < 4.78 is 11.3. The van der Waals surface area contributed by atoms with Gasteiger partial charge in [0.1, 0.15) is 12.4 Å². The van der Waals surface area contributed by atoms with Gasteiger partial charge in [-0.1, -0.05) is 29.8 Å². The van der Waals surface area contributed by atoms with Crippen molar-refractivity contribution in [1.29, 1.82) is 0 Å². The summed E-state index contributed by atoms with van der Waals surface area (Å²) in [6.07, 6.45) is 0. The van der Waals surface area contributed by atoms with Crippen LogP contribution in [0.15, 0.2) is 59.4 Å². The Morgan fingerprint density at radius 2 is 2.03 bits per heavy atom. The molecule has 1 N–H and O–H groups in total. The van der Waals surface area contributed by atoms with Crippen molar-refractivity contribution in [3.63, 3.8) is 0 Å². The van der Waals surface area contributed by atoms with E-state index in [0.717, 1.165) is 24.3 Å². The van der Waals surface area contributed by atoms with Crippen molar-refractivity contribution >= 4 is 28.8 Å². The summed E-state index contributed by atoms with van der Waals surface area (Å²) in [6, 6.07) is 15.1. The molecule has 0 bridgehead atoms. The van der Waals surface area contributed by atoms with E-state index < -0.39 is 0 Å². The first kappa shape index (κ1) is 21.8. The number of halogens is 1. The molecule has 1 atom stereocenters. The van der Waals surface area contributed by atoms with Crippen molar-refractivity contribution < 1.29 is 14.3 Å². The normalized spacial score (nSPS) is 15.4. The van der Waals surface area contributed by atoms with Crippen molar-refractivity contribution in [3.8, 4) is 5.75 Å². The second-order valence-corrected chi connectivity index (χ2v) is 8.38. The molecule has 8 heteroatoms. The molecule has 2 aromatic carbocycles. The zero-order valence-corrected chi connectivity index (χ0v) is 18.6. The molecule has 1 fully saturated rings. The van der Waals surface area contributed by atoms with Gasteiger partial charge in [-0.2, -0.15) is 0 Å². The maximum Gasteiger partial charge on any atom is 0.251 e. The van der Waals surface area contributed by atoms with Gasteiger partial charge in [0, 0.05) is 35.6 Å². The monoisotopic (exact) mass is 457 g/mol. The number of nitrogens with zero attached hydrogens (tertiary/aromatic N) is 2. The molecule has 4 rings (SSSR count). The highest BCUT2D eigenvalue weighted by atomic mass is 35.5. The van der Waals surface area contributed by atoms with E-state index in [9.17, 15) is 4.79 Å². The fraction of sp³-hybridized carbons (Fsp3) is 0.304. The molecule has 3 aromatic rings. The number of amides is 1. The number of carbonyl (C=O) groups is 1. The first-order valence-corrected chi connectivity index (χ1v) is 11.5. The molecule has 1 aromatic heterocycles. The molecule has 2 heterocycles. The molecule has 6 nitrogen and oxygen atoms in total. The highest BCUT2D eigenvalue weighted by molar-refractivity contribution is 7.07. The number of morpholine rings is 1. The number of thiazole rings is 1. The third kappa shape index (κ3) is 6.04. The second-order valence-electron chi connectivity index (χ2n) is 7.22. The number of nitrogens with one attached hydrogen (secondary N) is 1. The van der Waals surface area contributed by atoms with Gasteiger partial charge in [-0.05, 0) is 35.9 Å². The summed E-state index contributed by atoms with van der Waals surface area (Å²) in [4.78, 5) is 19.4. The lowest BCUT2D eigenvalue weighted by molar-refractivity contribution is 0.0162. The number of benzene rings is 2. The minimum absolute atomic E-state index is 0.0502. The number of aromatic nitrogens is 1. The summed E-state index contributed by atoms with van der Waals surface area (Å²) in [6.45, 7) is 3.90. The van der Waals surface area contributed by atoms with E-state index in [-0.39, 0.29) is 11.9 Å². The maximum atomic E-state index is 12.9. The highest BCUT2D eigenvalue weighted by Crippen LogP contribution is 2.23. The number of hydrogen-bond acceptors (Lipinski definition) is 6. The van der Waals surface area contributed by atoms with Crippen molar-refractivity contribution in [2.24, 2.45) is 0 Å². The predicted octanol–water partition coefficient (Wildman–Crippen LogP) is 4.18. The van der Waals surface area contributed by atoms with Crippen LogP contribution in [0.3, 0.4) is 0 Å². The van der Waals surface area contributed by atoms with Crippen LogP contribution < -0.4 is 10.1 Å². The molecule has 1 aliphatic heterocycles. The molecule has 0 spiro atoms. The highest BCUT2D eigenvalue weighted by Gasteiger charge is 2.23. The fourth-order valence-electron chi connectivity index (χ4n) is 3.52. The average molecular weight is 458 g/mol. The van der Waals surface area contributed by atoms with E-state index in [1.54, 1.807) is 17.6 Å². The lowest BCUT2D eigenvalue weighted by Crippen LogP contribution is -2.43. The van der Waals surface area contributed by atoms with E-state index in [1.807, 2.05) is 41.8 Å². The van der Waals surface area contributed by atoms with E-state index >= 15 is 0 Å². The molecule has 1 amide bonds. The lowest BCUT2D eigenvalue weighted by Gasteiger charge is -2.35. The Kier molecular flexibility index (Phi) is 7.53. The van der Waals surface area contributed by atoms with Crippen LogP contribution in [0.25, 0.3) is 0 Å². The molecule has 0 radical (unpaired) electrons. The van der Waals surface area contributed by atoms with Gasteiger partial charge in [-0.3, -0.25) is 9.69 Å². The van der Waals surface area contributed by atoms with Crippen LogP contribution in [0.1, 0.15) is 27.7 Å². The smallest absolute Gasteiger partial charge is 0.251 e. The zero-order valence-electron chi connectivity index (χ0n) is 17.0. The molecule has 0 aliphatic carbocycles. The Bertz CT molecular complexity index is 976. The van der Waals surface area contributed by atoms with Gasteiger partial charge in [0.15, 0.2) is 0 Å². The van der Waals surface area contributed by atoms with Crippen molar-refractivity contribution in [1.82, 2.24) is 15.2 Å². The van der Waals surface area contributed by atoms with Crippen LogP contribution in [-0.4, -0.2) is 48.6 Å². The first-order valence-electron chi connectivity index (χ1n) is 10.1. The van der Waals surface area contributed by atoms with E-state index in [4.69, 9.17) is 21.1 Å². The maximum absolute atomic E-state index is 12.9. The van der Waals surface area contributed by atoms with Crippen molar-refractivity contribution in [2.75, 3.05) is 32.8 Å². The van der Waals surface area contributed by atoms with Crippen LogP contribution in [-0.2, 0) is 11.3 Å². The topological polar surface area (TPSA) is 63.7 Å². The molecule has 162 valence electrons. The Balaban J connectivity index is 1.41.